The van der Waals surface area contributed by atoms with Crippen LogP contribution >= 0.6 is 23.4 Å². The number of ether oxygens (including phenoxy) is 2. The Morgan fingerprint density at radius 2 is 2.00 bits per heavy atom. The van der Waals surface area contributed by atoms with Crippen molar-refractivity contribution < 1.29 is 19.1 Å². The van der Waals surface area contributed by atoms with Crippen LogP contribution in [0, 0.1) is 5.41 Å². The second kappa shape index (κ2) is 7.63. The highest BCUT2D eigenvalue weighted by molar-refractivity contribution is 8.18. The van der Waals surface area contributed by atoms with E-state index in [9.17, 15) is 9.59 Å². The molecule has 1 amide bonds. The molecule has 8 heteroatoms. The number of nitrogens with one attached hydrogen (secondary N) is 2. The first-order valence-electron chi connectivity index (χ1n) is 7.42. The molecule has 0 bridgehead atoms. The lowest BCUT2D eigenvalue weighted by molar-refractivity contribution is -0.115. The quantitative estimate of drug-likeness (QED) is 0.473. The fraction of sp³-hybridized carbons (Fsp3) is 0.0556. The molecule has 1 aliphatic rings. The Morgan fingerprint density at radius 1 is 1.23 bits per heavy atom. The van der Waals surface area contributed by atoms with E-state index in [0.717, 1.165) is 11.8 Å². The van der Waals surface area contributed by atoms with Crippen molar-refractivity contribution in [2.24, 2.45) is 0 Å². The maximum absolute atomic E-state index is 12.3. The molecule has 0 radical (unpaired) electrons. The summed E-state index contributed by atoms with van der Waals surface area (Å²) in [5.41, 5.74) is 0.923. The van der Waals surface area contributed by atoms with Crippen LogP contribution in [0.2, 0.25) is 5.02 Å². The van der Waals surface area contributed by atoms with Gasteiger partial charge < -0.3 is 14.8 Å². The number of amidine groups is 1. The van der Waals surface area contributed by atoms with Crippen molar-refractivity contribution in [2.45, 2.75) is 0 Å². The van der Waals surface area contributed by atoms with Crippen molar-refractivity contribution in [2.75, 3.05) is 7.11 Å². The van der Waals surface area contributed by atoms with Gasteiger partial charge in [-0.05, 0) is 47.7 Å². The van der Waals surface area contributed by atoms with Gasteiger partial charge in [-0.3, -0.25) is 10.2 Å². The summed E-state index contributed by atoms with van der Waals surface area (Å²) >= 11 is 7.05. The largest absolute Gasteiger partial charge is 0.493 e. The Labute approximate surface area is 158 Å². The van der Waals surface area contributed by atoms with E-state index in [-0.39, 0.29) is 22.4 Å². The van der Waals surface area contributed by atoms with Gasteiger partial charge in [-0.15, -0.1) is 0 Å². The van der Waals surface area contributed by atoms with Crippen LogP contribution in [-0.4, -0.2) is 24.2 Å². The molecule has 3 rings (SSSR count). The minimum atomic E-state index is -0.598. The highest BCUT2D eigenvalue weighted by atomic mass is 35.5. The van der Waals surface area contributed by atoms with E-state index in [1.807, 2.05) is 0 Å². The molecule has 0 aliphatic carbocycles. The van der Waals surface area contributed by atoms with Crippen LogP contribution in [-0.2, 0) is 4.79 Å². The molecular weight excluding hydrogens is 376 g/mol. The number of carbonyl (C=O) groups is 2. The molecule has 132 valence electrons. The summed E-state index contributed by atoms with van der Waals surface area (Å²) in [6.07, 6.45) is 1.63. The molecule has 2 aromatic rings. The number of hydrogen-bond acceptors (Lipinski definition) is 6. The van der Waals surface area contributed by atoms with E-state index >= 15 is 0 Å². The number of benzene rings is 2. The number of esters is 1. The summed E-state index contributed by atoms with van der Waals surface area (Å²) in [5.74, 6) is -0.360. The van der Waals surface area contributed by atoms with Crippen molar-refractivity contribution in [3.8, 4) is 11.5 Å². The number of thioether (sulfide) groups is 1. The standard InChI is InChI=1S/C18H13ClN2O4S/c1-24-14-8-10(9-15-16(22)21-18(20)26-15)6-7-13(14)25-17(23)11-4-2-3-5-12(11)19/h2-9H,1H3,(H2,20,21,22)/b15-9-. The van der Waals surface area contributed by atoms with Gasteiger partial charge in [0.05, 0.1) is 22.6 Å². The predicted octanol–water partition coefficient (Wildman–Crippen LogP) is 3.71. The highest BCUT2D eigenvalue weighted by Crippen LogP contribution is 2.32. The van der Waals surface area contributed by atoms with Crippen LogP contribution in [0.3, 0.4) is 0 Å². The zero-order valence-electron chi connectivity index (χ0n) is 13.5. The molecule has 2 aromatic carbocycles. The number of methoxy groups -OCH3 is 1. The van der Waals surface area contributed by atoms with Gasteiger partial charge in [0.25, 0.3) is 5.91 Å². The smallest absolute Gasteiger partial charge is 0.345 e. The third-order valence-corrected chi connectivity index (χ3v) is 4.60. The molecule has 0 saturated carbocycles. The van der Waals surface area contributed by atoms with Crippen LogP contribution < -0.4 is 14.8 Å². The summed E-state index contributed by atoms with van der Waals surface area (Å²) in [4.78, 5) is 24.4. The third kappa shape index (κ3) is 3.89. The maximum Gasteiger partial charge on any atom is 0.345 e. The topological polar surface area (TPSA) is 88.5 Å². The summed E-state index contributed by atoms with van der Waals surface area (Å²) in [6.45, 7) is 0. The number of amides is 1. The Bertz CT molecular complexity index is 943. The average molecular weight is 389 g/mol. The van der Waals surface area contributed by atoms with E-state index in [1.165, 1.54) is 7.11 Å². The molecule has 0 unspecified atom stereocenters. The van der Waals surface area contributed by atoms with Gasteiger partial charge in [0, 0.05) is 0 Å². The Morgan fingerprint density at radius 3 is 2.65 bits per heavy atom. The molecule has 26 heavy (non-hydrogen) atoms. The average Bonchev–Trinajstić information content (AvgIpc) is 2.93. The van der Waals surface area contributed by atoms with Gasteiger partial charge in [-0.2, -0.15) is 0 Å². The van der Waals surface area contributed by atoms with Gasteiger partial charge in [0.2, 0.25) is 0 Å². The van der Waals surface area contributed by atoms with E-state index in [1.54, 1.807) is 48.5 Å². The monoisotopic (exact) mass is 388 g/mol. The summed E-state index contributed by atoms with van der Waals surface area (Å²) in [7, 11) is 1.45. The molecular formula is C18H13ClN2O4S. The molecule has 1 heterocycles. The van der Waals surface area contributed by atoms with Gasteiger partial charge >= 0.3 is 5.97 Å². The Balaban J connectivity index is 1.85. The first kappa shape index (κ1) is 18.0. The summed E-state index contributed by atoms with van der Waals surface area (Å²) in [6, 6.07) is 11.5. The van der Waals surface area contributed by atoms with Crippen LogP contribution in [0.15, 0.2) is 47.4 Å². The van der Waals surface area contributed by atoms with E-state index in [0.29, 0.717) is 21.2 Å². The van der Waals surface area contributed by atoms with E-state index < -0.39 is 5.97 Å². The molecule has 6 nitrogen and oxygen atoms in total. The lowest BCUT2D eigenvalue weighted by atomic mass is 10.2. The zero-order chi connectivity index (χ0) is 18.7. The summed E-state index contributed by atoms with van der Waals surface area (Å²) < 4.78 is 10.7. The van der Waals surface area contributed by atoms with Gasteiger partial charge in [-0.1, -0.05) is 29.8 Å². The van der Waals surface area contributed by atoms with Crippen LogP contribution in [0.25, 0.3) is 6.08 Å². The number of rotatable bonds is 4. The van der Waals surface area contributed by atoms with Gasteiger partial charge in [0.1, 0.15) is 0 Å². The number of hydrogen-bond donors (Lipinski definition) is 2. The molecule has 1 saturated heterocycles. The molecule has 0 aromatic heterocycles. The lowest BCUT2D eigenvalue weighted by Gasteiger charge is -2.10. The second-order valence-electron chi connectivity index (χ2n) is 5.17. The molecule has 0 spiro atoms. The SMILES string of the molecule is COc1cc(/C=C2\SC(=N)NC2=O)ccc1OC(=O)c1ccccc1Cl. The minimum absolute atomic E-state index is 0.0819. The minimum Gasteiger partial charge on any atom is -0.493 e. The fourth-order valence-corrected chi connectivity index (χ4v) is 3.15. The predicted molar refractivity (Wildman–Crippen MR) is 101 cm³/mol. The van der Waals surface area contributed by atoms with Crippen molar-refractivity contribution in [3.63, 3.8) is 0 Å². The van der Waals surface area contributed by atoms with Crippen LogP contribution in [0.1, 0.15) is 15.9 Å². The molecule has 1 aliphatic heterocycles. The van der Waals surface area contributed by atoms with E-state index in [4.69, 9.17) is 26.5 Å². The maximum atomic E-state index is 12.3. The normalized spacial score (nSPS) is 15.1. The van der Waals surface area contributed by atoms with Crippen molar-refractivity contribution in [1.82, 2.24) is 5.32 Å². The van der Waals surface area contributed by atoms with Gasteiger partial charge in [0.15, 0.2) is 16.7 Å². The summed E-state index contributed by atoms with van der Waals surface area (Å²) in [5, 5.41) is 10.2. The Hall–Kier alpha value is -2.77. The number of carbonyl (C=O) groups excluding carboxylic acids is 2. The Kier molecular flexibility index (Phi) is 5.29. The van der Waals surface area contributed by atoms with Crippen molar-refractivity contribution >= 4 is 46.5 Å². The first-order chi connectivity index (χ1) is 12.5. The molecule has 2 N–H and O–H groups in total. The zero-order valence-corrected chi connectivity index (χ0v) is 15.1. The third-order valence-electron chi connectivity index (χ3n) is 3.44. The fourth-order valence-electron chi connectivity index (χ4n) is 2.23. The lowest BCUT2D eigenvalue weighted by Crippen LogP contribution is -2.18. The van der Waals surface area contributed by atoms with Crippen molar-refractivity contribution in [3.05, 3.63) is 63.5 Å². The van der Waals surface area contributed by atoms with E-state index in [2.05, 4.69) is 5.32 Å². The first-order valence-corrected chi connectivity index (χ1v) is 8.61. The number of halogens is 1. The van der Waals surface area contributed by atoms with Crippen LogP contribution in [0.5, 0.6) is 11.5 Å². The highest BCUT2D eigenvalue weighted by Gasteiger charge is 2.22. The molecule has 1 fully saturated rings. The van der Waals surface area contributed by atoms with Gasteiger partial charge in [-0.25, -0.2) is 4.79 Å². The second-order valence-corrected chi connectivity index (χ2v) is 6.63. The van der Waals surface area contributed by atoms with Crippen LogP contribution in [0.4, 0.5) is 0 Å². The van der Waals surface area contributed by atoms with Crippen molar-refractivity contribution in [1.29, 1.82) is 5.41 Å². The molecule has 0 atom stereocenters.